The molecule has 4 heterocycles. The van der Waals surface area contributed by atoms with Gasteiger partial charge in [-0.25, -0.2) is 4.98 Å². The van der Waals surface area contributed by atoms with Crippen LogP contribution in [-0.2, 0) is 6.54 Å². The van der Waals surface area contributed by atoms with Crippen LogP contribution in [0, 0.1) is 30.9 Å². The van der Waals surface area contributed by atoms with Crippen molar-refractivity contribution in [1.29, 1.82) is 0 Å². The number of nitrogens with zero attached hydrogens (tertiary/aromatic N) is 6. The molecule has 4 rings (SSSR count). The van der Waals surface area contributed by atoms with E-state index in [9.17, 15) is 14.9 Å². The van der Waals surface area contributed by atoms with Crippen molar-refractivity contribution < 1.29 is 9.72 Å². The third-order valence-electron chi connectivity index (χ3n) is 5.63. The van der Waals surface area contributed by atoms with E-state index in [-0.39, 0.29) is 11.6 Å². The Morgan fingerprint density at radius 3 is 2.57 bits per heavy atom. The highest BCUT2D eigenvalue weighted by Crippen LogP contribution is 2.19. The average molecular weight is 408 g/mol. The molecule has 0 atom stereocenters. The lowest BCUT2D eigenvalue weighted by molar-refractivity contribution is -0.385. The fourth-order valence-corrected chi connectivity index (χ4v) is 3.84. The molecule has 1 aliphatic rings. The zero-order chi connectivity index (χ0) is 21.4. The van der Waals surface area contributed by atoms with Gasteiger partial charge in [0.15, 0.2) is 0 Å². The van der Waals surface area contributed by atoms with Crippen molar-refractivity contribution in [3.05, 3.63) is 68.9 Å². The van der Waals surface area contributed by atoms with E-state index in [1.807, 2.05) is 6.92 Å². The molecule has 30 heavy (non-hydrogen) atoms. The molecular formula is C21H24N6O3. The molecule has 0 N–H and O–H groups in total. The summed E-state index contributed by atoms with van der Waals surface area (Å²) in [6, 6.07) is 5.47. The van der Waals surface area contributed by atoms with Crippen LogP contribution in [0.4, 0.5) is 5.69 Å². The second kappa shape index (κ2) is 7.83. The van der Waals surface area contributed by atoms with Gasteiger partial charge in [0.25, 0.3) is 11.6 Å². The molecule has 0 bridgehead atoms. The molecule has 3 aromatic heterocycles. The Morgan fingerprint density at radius 2 is 1.87 bits per heavy atom. The molecule has 1 saturated heterocycles. The summed E-state index contributed by atoms with van der Waals surface area (Å²) in [4.78, 5) is 36.1. The second-order valence-corrected chi connectivity index (χ2v) is 7.73. The van der Waals surface area contributed by atoms with Gasteiger partial charge in [-0.2, -0.15) is 0 Å². The molecule has 9 heteroatoms. The summed E-state index contributed by atoms with van der Waals surface area (Å²) in [5, 5.41) is 11.0. The van der Waals surface area contributed by atoms with Crippen molar-refractivity contribution in [3.63, 3.8) is 0 Å². The number of fused-ring (bicyclic) bond motifs is 1. The number of nitro groups is 1. The molecule has 3 aromatic rings. The van der Waals surface area contributed by atoms with Gasteiger partial charge in [-0.05, 0) is 38.5 Å². The zero-order valence-electron chi connectivity index (χ0n) is 17.3. The van der Waals surface area contributed by atoms with Crippen molar-refractivity contribution in [2.75, 3.05) is 26.2 Å². The first-order chi connectivity index (χ1) is 14.3. The van der Waals surface area contributed by atoms with Crippen LogP contribution in [0.5, 0.6) is 0 Å². The standard InChI is InChI=1S/C21H24N6O3/c1-14-4-5-26-19(16(3)23-20(26)10-14)13-24-6-8-25(9-7-24)21(28)18-11-17(27(29)30)12-22-15(18)2/h4-5,10-12H,6-9,13H2,1-3H3. The second-order valence-electron chi connectivity index (χ2n) is 7.73. The lowest BCUT2D eigenvalue weighted by atomic mass is 10.1. The Kier molecular flexibility index (Phi) is 5.21. The summed E-state index contributed by atoms with van der Waals surface area (Å²) in [6.45, 7) is 9.12. The van der Waals surface area contributed by atoms with Crippen molar-refractivity contribution in [3.8, 4) is 0 Å². The fourth-order valence-electron chi connectivity index (χ4n) is 3.84. The predicted molar refractivity (Wildman–Crippen MR) is 111 cm³/mol. The van der Waals surface area contributed by atoms with Crippen LogP contribution in [0.15, 0.2) is 30.6 Å². The van der Waals surface area contributed by atoms with Crippen LogP contribution >= 0.6 is 0 Å². The van der Waals surface area contributed by atoms with E-state index in [2.05, 4.69) is 44.5 Å². The van der Waals surface area contributed by atoms with Crippen LogP contribution in [-0.4, -0.2) is 61.2 Å². The van der Waals surface area contributed by atoms with Crippen LogP contribution in [0.25, 0.3) is 5.65 Å². The molecule has 1 amide bonds. The van der Waals surface area contributed by atoms with Gasteiger partial charge < -0.3 is 9.30 Å². The summed E-state index contributed by atoms with van der Waals surface area (Å²) in [5.74, 6) is -0.204. The number of pyridine rings is 2. The number of hydrogen-bond donors (Lipinski definition) is 0. The SMILES string of the molecule is Cc1ccn2c(CN3CCN(C(=O)c4cc([N+](=O)[O-])cnc4C)CC3)c(C)nc2c1. The number of hydrogen-bond acceptors (Lipinski definition) is 6. The lowest BCUT2D eigenvalue weighted by Crippen LogP contribution is -2.48. The largest absolute Gasteiger partial charge is 0.336 e. The first kappa shape index (κ1) is 20.0. The van der Waals surface area contributed by atoms with E-state index in [4.69, 9.17) is 0 Å². The quantitative estimate of drug-likeness (QED) is 0.486. The molecule has 156 valence electrons. The summed E-state index contributed by atoms with van der Waals surface area (Å²) >= 11 is 0. The molecule has 0 aliphatic carbocycles. The van der Waals surface area contributed by atoms with Crippen molar-refractivity contribution in [2.45, 2.75) is 27.3 Å². The van der Waals surface area contributed by atoms with Gasteiger partial charge >= 0.3 is 0 Å². The highest BCUT2D eigenvalue weighted by atomic mass is 16.6. The summed E-state index contributed by atoms with van der Waals surface area (Å²) in [5.41, 5.74) is 4.93. The van der Waals surface area contributed by atoms with E-state index in [0.29, 0.717) is 24.3 Å². The van der Waals surface area contributed by atoms with Crippen molar-refractivity contribution >= 4 is 17.2 Å². The van der Waals surface area contributed by atoms with E-state index < -0.39 is 4.92 Å². The van der Waals surface area contributed by atoms with Crippen molar-refractivity contribution in [2.24, 2.45) is 0 Å². The highest BCUT2D eigenvalue weighted by Gasteiger charge is 2.26. The Hall–Kier alpha value is -3.33. The van der Waals surface area contributed by atoms with E-state index in [1.54, 1.807) is 11.8 Å². The monoisotopic (exact) mass is 408 g/mol. The fraction of sp³-hybridized carbons (Fsp3) is 0.381. The number of aryl methyl sites for hydroxylation is 3. The Balaban J connectivity index is 1.45. The van der Waals surface area contributed by atoms with Crippen LogP contribution in [0.2, 0.25) is 0 Å². The average Bonchev–Trinajstić information content (AvgIpc) is 3.02. The molecule has 0 spiro atoms. The minimum atomic E-state index is -0.527. The number of carbonyl (C=O) groups excluding carboxylic acids is 1. The Morgan fingerprint density at radius 1 is 1.13 bits per heavy atom. The minimum absolute atomic E-state index is 0.166. The topological polar surface area (TPSA) is 96.9 Å². The lowest BCUT2D eigenvalue weighted by Gasteiger charge is -2.34. The van der Waals surface area contributed by atoms with Gasteiger partial charge in [0.2, 0.25) is 0 Å². The molecular weight excluding hydrogens is 384 g/mol. The van der Waals surface area contributed by atoms with E-state index >= 15 is 0 Å². The summed E-state index contributed by atoms with van der Waals surface area (Å²) in [7, 11) is 0. The third-order valence-corrected chi connectivity index (χ3v) is 5.63. The maximum atomic E-state index is 12.9. The Bertz CT molecular complexity index is 1130. The Labute approximate surface area is 174 Å². The number of carbonyl (C=O) groups is 1. The summed E-state index contributed by atoms with van der Waals surface area (Å²) in [6.07, 6.45) is 3.24. The van der Waals surface area contributed by atoms with Crippen LogP contribution < -0.4 is 0 Å². The molecule has 0 unspecified atom stereocenters. The number of piperazine rings is 1. The van der Waals surface area contributed by atoms with Crippen LogP contribution in [0.3, 0.4) is 0 Å². The van der Waals surface area contributed by atoms with Gasteiger partial charge in [0, 0.05) is 45.0 Å². The summed E-state index contributed by atoms with van der Waals surface area (Å²) < 4.78 is 2.12. The van der Waals surface area contributed by atoms with E-state index in [0.717, 1.165) is 36.7 Å². The van der Waals surface area contributed by atoms with Gasteiger partial charge in [0.1, 0.15) is 11.8 Å². The normalized spacial score (nSPS) is 15.0. The molecule has 0 saturated carbocycles. The smallest absolute Gasteiger partial charge is 0.288 e. The number of aromatic nitrogens is 3. The number of imidazole rings is 1. The maximum Gasteiger partial charge on any atom is 0.288 e. The first-order valence-corrected chi connectivity index (χ1v) is 9.90. The van der Waals surface area contributed by atoms with Gasteiger partial charge in [-0.15, -0.1) is 0 Å². The van der Waals surface area contributed by atoms with Crippen molar-refractivity contribution in [1.82, 2.24) is 24.2 Å². The zero-order valence-corrected chi connectivity index (χ0v) is 17.3. The third kappa shape index (κ3) is 3.76. The molecule has 0 aromatic carbocycles. The van der Waals surface area contributed by atoms with Gasteiger partial charge in [-0.3, -0.25) is 24.8 Å². The highest BCUT2D eigenvalue weighted by molar-refractivity contribution is 5.95. The number of amides is 1. The van der Waals surface area contributed by atoms with E-state index in [1.165, 1.54) is 17.8 Å². The predicted octanol–water partition coefficient (Wildman–Crippen LogP) is 2.52. The minimum Gasteiger partial charge on any atom is -0.336 e. The molecule has 9 nitrogen and oxygen atoms in total. The molecule has 1 fully saturated rings. The van der Waals surface area contributed by atoms with Gasteiger partial charge in [-0.1, -0.05) is 0 Å². The molecule has 0 radical (unpaired) electrons. The number of rotatable bonds is 4. The van der Waals surface area contributed by atoms with Gasteiger partial charge in [0.05, 0.1) is 27.6 Å². The maximum absolute atomic E-state index is 12.9. The first-order valence-electron chi connectivity index (χ1n) is 9.90. The molecule has 1 aliphatic heterocycles. The van der Waals surface area contributed by atoms with Crippen LogP contribution in [0.1, 0.15) is 33.0 Å².